The highest BCUT2D eigenvalue weighted by Gasteiger charge is 2.47. The van der Waals surface area contributed by atoms with E-state index in [9.17, 15) is 31.1 Å². The number of nitrogens with one attached hydrogen (secondary N) is 2. The van der Waals surface area contributed by atoms with Gasteiger partial charge in [-0.05, 0) is 48.3 Å². The smallest absolute Gasteiger partial charge is 0.287 e. The maximum atomic E-state index is 14.2. The van der Waals surface area contributed by atoms with Gasteiger partial charge in [0, 0.05) is 17.7 Å². The Morgan fingerprint density at radius 2 is 1.95 bits per heavy atom. The molecule has 13 heteroatoms. The lowest BCUT2D eigenvalue weighted by Gasteiger charge is -2.37. The van der Waals surface area contributed by atoms with Gasteiger partial charge in [0.1, 0.15) is 27.0 Å². The van der Waals surface area contributed by atoms with Crippen molar-refractivity contribution in [3.05, 3.63) is 51.7 Å². The van der Waals surface area contributed by atoms with Crippen LogP contribution in [0.5, 0.6) is 0 Å². The lowest BCUT2D eigenvalue weighted by atomic mass is 9.65. The maximum absolute atomic E-state index is 14.2. The van der Waals surface area contributed by atoms with E-state index in [-0.39, 0.29) is 44.4 Å². The number of aliphatic hydroxyl groups is 1. The van der Waals surface area contributed by atoms with Crippen molar-refractivity contribution in [2.24, 2.45) is 9.81 Å². The summed E-state index contributed by atoms with van der Waals surface area (Å²) in [6, 6.07) is 3.82. The van der Waals surface area contributed by atoms with Crippen LogP contribution in [0, 0.1) is 11.2 Å². The fourth-order valence-electron chi connectivity index (χ4n) is 4.41. The molecule has 0 saturated carbocycles. The first-order valence-corrected chi connectivity index (χ1v) is 15.6. The Kier molecular flexibility index (Phi) is 6.67. The Balaban J connectivity index is 1.83. The van der Waals surface area contributed by atoms with E-state index < -0.39 is 42.8 Å². The van der Waals surface area contributed by atoms with Crippen LogP contribution in [0.4, 0.5) is 9.39 Å². The van der Waals surface area contributed by atoms with Crippen molar-refractivity contribution in [1.29, 1.82) is 0 Å². The number of halogens is 1. The number of Topliss-reactive ketones (excluding diaryl/α,β-unsaturated/α-hetero) is 1. The second kappa shape index (κ2) is 9.00. The van der Waals surface area contributed by atoms with E-state index in [2.05, 4.69) is 14.4 Å². The second-order valence-corrected chi connectivity index (χ2v) is 14.9. The number of ketones is 1. The number of thiophene rings is 1. The molecule has 0 spiro atoms. The van der Waals surface area contributed by atoms with E-state index in [1.807, 2.05) is 20.8 Å². The van der Waals surface area contributed by atoms with Gasteiger partial charge in [0.25, 0.3) is 10.0 Å². The van der Waals surface area contributed by atoms with Gasteiger partial charge >= 0.3 is 0 Å². The van der Waals surface area contributed by atoms with Crippen molar-refractivity contribution in [1.82, 2.24) is 4.72 Å². The molecule has 0 fully saturated rings. The predicted octanol–water partition coefficient (Wildman–Crippen LogP) is 4.09. The summed E-state index contributed by atoms with van der Waals surface area (Å²) in [6.07, 6.45) is 1.95. The molecule has 0 unspecified atom stereocenters. The number of fused-ring (bicyclic) bond motifs is 2. The number of rotatable bonds is 6. The van der Waals surface area contributed by atoms with Crippen molar-refractivity contribution in [2.75, 3.05) is 11.6 Å². The number of hydrogen-bond acceptors (Lipinski definition) is 8. The Morgan fingerprint density at radius 3 is 2.57 bits per heavy atom. The molecule has 2 aliphatic rings. The average Bonchev–Trinajstić information content (AvgIpc) is 3.18. The summed E-state index contributed by atoms with van der Waals surface area (Å²) < 4.78 is 69.6. The molecule has 37 heavy (non-hydrogen) atoms. The molecule has 2 heterocycles. The van der Waals surface area contributed by atoms with E-state index in [4.69, 9.17) is 0 Å². The van der Waals surface area contributed by atoms with Crippen LogP contribution in [0.3, 0.4) is 0 Å². The standard InChI is InChI=1S/C24H28FN3O6S3/c1-23(2,3)8-9-24(4)16-7-6-14(25)10-15(16)18(29)17(20(24)30)21-27-22-19(37(33,34)28-21)13(12-35-22)11-26-36(5,31)32/h6-7,10,12,26,29H,8-9,11H2,1-5H3,(H,27,28)/t24-/m0/s1. The molecule has 200 valence electrons. The van der Waals surface area contributed by atoms with Crippen LogP contribution in [0.15, 0.2) is 38.4 Å². The minimum Gasteiger partial charge on any atom is -0.506 e. The summed E-state index contributed by atoms with van der Waals surface area (Å²) >= 11 is 0.995. The van der Waals surface area contributed by atoms with Crippen LogP contribution in [0.2, 0.25) is 0 Å². The topological polar surface area (TPSA) is 142 Å². The third-order valence-electron chi connectivity index (χ3n) is 6.45. The van der Waals surface area contributed by atoms with Gasteiger partial charge in [-0.1, -0.05) is 26.8 Å². The minimum absolute atomic E-state index is 0.0999. The molecular weight excluding hydrogens is 541 g/mol. The highest BCUT2D eigenvalue weighted by atomic mass is 32.2. The van der Waals surface area contributed by atoms with E-state index in [0.29, 0.717) is 18.4 Å². The fraction of sp³-hybridized carbons (Fsp3) is 0.417. The number of nitrogens with zero attached hydrogens (tertiary/aromatic N) is 1. The largest absolute Gasteiger partial charge is 0.506 e. The van der Waals surface area contributed by atoms with Gasteiger partial charge in [-0.2, -0.15) is 8.42 Å². The van der Waals surface area contributed by atoms with Crippen molar-refractivity contribution < 1.29 is 31.1 Å². The van der Waals surface area contributed by atoms with E-state index in [0.717, 1.165) is 23.7 Å². The van der Waals surface area contributed by atoms with Gasteiger partial charge in [0.2, 0.25) is 10.0 Å². The number of amidine groups is 1. The lowest BCUT2D eigenvalue weighted by Crippen LogP contribution is -2.42. The van der Waals surface area contributed by atoms with Crippen LogP contribution in [0.1, 0.15) is 57.2 Å². The number of sulfonamides is 2. The van der Waals surface area contributed by atoms with E-state index in [1.165, 1.54) is 17.5 Å². The van der Waals surface area contributed by atoms with Crippen molar-refractivity contribution in [3.8, 4) is 0 Å². The molecule has 0 radical (unpaired) electrons. The summed E-state index contributed by atoms with van der Waals surface area (Å²) in [4.78, 5) is 13.8. The Bertz CT molecular complexity index is 1580. The van der Waals surface area contributed by atoms with Crippen LogP contribution in [0.25, 0.3) is 5.76 Å². The molecule has 1 aromatic heterocycles. The van der Waals surface area contributed by atoms with Crippen LogP contribution in [-0.2, 0) is 36.8 Å². The minimum atomic E-state index is -4.37. The zero-order valence-corrected chi connectivity index (χ0v) is 23.4. The zero-order chi connectivity index (χ0) is 27.6. The van der Waals surface area contributed by atoms with Crippen LogP contribution in [-0.4, -0.2) is 39.8 Å². The second-order valence-electron chi connectivity index (χ2n) is 10.7. The highest BCUT2D eigenvalue weighted by Crippen LogP contribution is 2.46. The summed E-state index contributed by atoms with van der Waals surface area (Å²) in [5.74, 6) is -2.08. The van der Waals surface area contributed by atoms with Gasteiger partial charge in [-0.3, -0.25) is 4.79 Å². The molecule has 2 aromatic rings. The highest BCUT2D eigenvalue weighted by molar-refractivity contribution is 7.91. The molecular formula is C24H28FN3O6S3. The fourth-order valence-corrected chi connectivity index (χ4v) is 7.44. The molecule has 0 amide bonds. The summed E-state index contributed by atoms with van der Waals surface area (Å²) in [7, 11) is -7.95. The number of hydrogen-bond donors (Lipinski definition) is 3. The maximum Gasteiger partial charge on any atom is 0.287 e. The monoisotopic (exact) mass is 569 g/mol. The van der Waals surface area contributed by atoms with E-state index in [1.54, 1.807) is 6.92 Å². The first-order valence-electron chi connectivity index (χ1n) is 11.4. The first-order chi connectivity index (χ1) is 16.9. The number of aliphatic hydroxyl groups excluding tert-OH is 1. The molecule has 1 atom stereocenters. The van der Waals surface area contributed by atoms with Gasteiger partial charge in [-0.15, -0.1) is 15.7 Å². The number of carbonyl (C=O) groups is 1. The Morgan fingerprint density at radius 1 is 1.27 bits per heavy atom. The van der Waals surface area contributed by atoms with Gasteiger partial charge in [-0.25, -0.2) is 17.5 Å². The van der Waals surface area contributed by atoms with Crippen LogP contribution >= 0.6 is 11.3 Å². The normalized spacial score (nSPS) is 21.2. The molecule has 3 N–H and O–H groups in total. The summed E-state index contributed by atoms with van der Waals surface area (Å²) in [5.41, 5.74) is -0.896. The van der Waals surface area contributed by atoms with Crippen molar-refractivity contribution >= 4 is 53.8 Å². The molecule has 0 bridgehead atoms. The lowest BCUT2D eigenvalue weighted by molar-refractivity contribution is -0.120. The Hall–Kier alpha value is -2.61. The molecule has 0 saturated heterocycles. The number of carbonyl (C=O) groups excluding carboxylic acids is 1. The third kappa shape index (κ3) is 5.22. The number of anilines is 1. The van der Waals surface area contributed by atoms with Gasteiger partial charge in [0.05, 0.1) is 11.7 Å². The molecule has 4 rings (SSSR count). The Labute approximate surface area is 219 Å². The quantitative estimate of drug-likeness (QED) is 0.476. The van der Waals surface area contributed by atoms with Gasteiger partial charge in [0.15, 0.2) is 11.6 Å². The van der Waals surface area contributed by atoms with E-state index >= 15 is 0 Å². The first kappa shape index (κ1) is 27.4. The van der Waals surface area contributed by atoms with Crippen molar-refractivity contribution in [3.63, 3.8) is 0 Å². The average molecular weight is 570 g/mol. The SMILES string of the molecule is CC(C)(C)CC[C@]1(C)C(=O)C(C2=NS(=O)(=O)c3c(CNS(C)(=O)=O)csc3N2)=C(O)c2cc(F)ccc21. The zero-order valence-electron chi connectivity index (χ0n) is 21.0. The number of benzene rings is 1. The van der Waals surface area contributed by atoms with Gasteiger partial charge < -0.3 is 10.4 Å². The summed E-state index contributed by atoms with van der Waals surface area (Å²) in [5, 5.41) is 15.6. The molecule has 9 nitrogen and oxygen atoms in total. The molecule has 1 aliphatic heterocycles. The van der Waals surface area contributed by atoms with Crippen molar-refractivity contribution in [2.45, 2.75) is 57.4 Å². The van der Waals surface area contributed by atoms with Crippen LogP contribution < -0.4 is 10.0 Å². The molecule has 1 aromatic carbocycles. The third-order valence-corrected chi connectivity index (χ3v) is 9.60. The molecule has 1 aliphatic carbocycles. The summed E-state index contributed by atoms with van der Waals surface area (Å²) in [6.45, 7) is 7.51. The predicted molar refractivity (Wildman–Crippen MR) is 141 cm³/mol.